The standard InChI is InChI=1S/C24H29N5O8Si/c1-38(2,3)37-18-17(30)15(11-34-24(33)35-14-9-10-14)36-22(18)29-12-25-16-19(29)26-23(28-21(16)32)27-20(31)13-7-5-4-6-8-13/h4-8,12,14-15,17-18,22,30H,9-11H2,1-3H3,(H2,26,27,28,31,32)/t15-,17-,18?,22-/m1/s1. The molecule has 2 fully saturated rings. The highest BCUT2D eigenvalue weighted by Gasteiger charge is 2.48. The molecule has 2 aliphatic rings. The summed E-state index contributed by atoms with van der Waals surface area (Å²) < 4.78 is 24.1. The third-order valence-corrected chi connectivity index (χ3v) is 6.91. The number of hydrogen-bond acceptors (Lipinski definition) is 10. The molecule has 0 radical (unpaired) electrons. The van der Waals surface area contributed by atoms with Crippen molar-refractivity contribution in [1.82, 2.24) is 19.5 Å². The molecule has 1 unspecified atom stereocenters. The van der Waals surface area contributed by atoms with Crippen molar-refractivity contribution in [1.29, 1.82) is 0 Å². The van der Waals surface area contributed by atoms with Gasteiger partial charge in [0.05, 0.1) is 6.33 Å². The Morgan fingerprint density at radius 1 is 1.24 bits per heavy atom. The molecule has 13 nitrogen and oxygen atoms in total. The van der Waals surface area contributed by atoms with Crippen molar-refractivity contribution in [3.05, 3.63) is 52.6 Å². The fraction of sp³-hybridized carbons (Fsp3) is 0.458. The molecule has 3 heterocycles. The summed E-state index contributed by atoms with van der Waals surface area (Å²) in [5.74, 6) is -0.538. The van der Waals surface area contributed by atoms with Crippen LogP contribution in [0.5, 0.6) is 0 Å². The Bertz CT molecular complexity index is 1380. The van der Waals surface area contributed by atoms with E-state index in [4.69, 9.17) is 18.6 Å². The van der Waals surface area contributed by atoms with E-state index in [-0.39, 0.29) is 29.8 Å². The van der Waals surface area contributed by atoms with Gasteiger partial charge in [0.2, 0.25) is 5.95 Å². The average molecular weight is 544 g/mol. The van der Waals surface area contributed by atoms with Crippen molar-refractivity contribution in [3.63, 3.8) is 0 Å². The van der Waals surface area contributed by atoms with Crippen molar-refractivity contribution in [2.24, 2.45) is 0 Å². The largest absolute Gasteiger partial charge is 0.508 e. The predicted molar refractivity (Wildman–Crippen MR) is 136 cm³/mol. The second-order valence-corrected chi connectivity index (χ2v) is 14.6. The highest BCUT2D eigenvalue weighted by Crippen LogP contribution is 2.35. The first-order valence-corrected chi connectivity index (χ1v) is 15.7. The highest BCUT2D eigenvalue weighted by atomic mass is 28.4. The second-order valence-electron chi connectivity index (χ2n) is 10.2. The van der Waals surface area contributed by atoms with Gasteiger partial charge in [0.15, 0.2) is 25.7 Å². The molecule has 1 aliphatic heterocycles. The number of nitrogens with one attached hydrogen (secondary N) is 2. The van der Waals surface area contributed by atoms with Gasteiger partial charge < -0.3 is 23.7 Å². The van der Waals surface area contributed by atoms with E-state index in [0.29, 0.717) is 5.56 Å². The van der Waals surface area contributed by atoms with E-state index in [0.717, 1.165) is 12.8 Å². The summed E-state index contributed by atoms with van der Waals surface area (Å²) in [6.07, 6.45) is -1.86. The maximum atomic E-state index is 12.7. The van der Waals surface area contributed by atoms with E-state index < -0.39 is 50.5 Å². The van der Waals surface area contributed by atoms with Crippen LogP contribution in [0.1, 0.15) is 29.4 Å². The Labute approximate surface area is 218 Å². The van der Waals surface area contributed by atoms with E-state index >= 15 is 0 Å². The lowest BCUT2D eigenvalue weighted by Crippen LogP contribution is -2.42. The fourth-order valence-electron chi connectivity index (χ4n) is 4.06. The normalized spacial score (nSPS) is 23.4. The Morgan fingerprint density at radius 2 is 1.97 bits per heavy atom. The lowest BCUT2D eigenvalue weighted by Gasteiger charge is -2.29. The molecule has 1 saturated carbocycles. The Kier molecular flexibility index (Phi) is 7.05. The Morgan fingerprint density at radius 3 is 2.66 bits per heavy atom. The number of aromatic nitrogens is 4. The minimum Gasteiger partial charge on any atom is -0.431 e. The smallest absolute Gasteiger partial charge is 0.431 e. The van der Waals surface area contributed by atoms with Crippen molar-refractivity contribution in [2.45, 2.75) is 63.1 Å². The summed E-state index contributed by atoms with van der Waals surface area (Å²) in [5, 5.41) is 13.7. The van der Waals surface area contributed by atoms with Crippen LogP contribution in [0.3, 0.4) is 0 Å². The number of imidazole rings is 1. The Hall–Kier alpha value is -3.59. The minimum absolute atomic E-state index is 0.0141. The van der Waals surface area contributed by atoms with E-state index in [1.165, 1.54) is 10.9 Å². The molecule has 2 aromatic heterocycles. The maximum absolute atomic E-state index is 12.7. The first-order valence-electron chi connectivity index (χ1n) is 12.3. The van der Waals surface area contributed by atoms with Crippen molar-refractivity contribution in [3.8, 4) is 0 Å². The number of rotatable bonds is 8. The summed E-state index contributed by atoms with van der Waals surface area (Å²) in [6.45, 7) is 5.62. The van der Waals surface area contributed by atoms with Gasteiger partial charge in [0, 0.05) is 5.56 Å². The number of fused-ring (bicyclic) bond motifs is 1. The number of carbonyl (C=O) groups excluding carboxylic acids is 2. The molecule has 1 saturated heterocycles. The Balaban J connectivity index is 1.42. The number of carbonyl (C=O) groups is 2. The van der Waals surface area contributed by atoms with Crippen LogP contribution >= 0.6 is 0 Å². The van der Waals surface area contributed by atoms with Crippen molar-refractivity contribution >= 4 is 37.5 Å². The van der Waals surface area contributed by atoms with Crippen LogP contribution in [0.2, 0.25) is 19.6 Å². The third kappa shape index (κ3) is 5.77. The van der Waals surface area contributed by atoms with E-state index in [2.05, 4.69) is 20.3 Å². The number of amides is 1. The van der Waals surface area contributed by atoms with Crippen LogP contribution in [-0.2, 0) is 18.6 Å². The number of hydrogen-bond donors (Lipinski definition) is 3. The second kappa shape index (κ2) is 10.3. The summed E-state index contributed by atoms with van der Waals surface area (Å²) in [4.78, 5) is 48.4. The number of aliphatic hydroxyl groups excluding tert-OH is 1. The third-order valence-electron chi connectivity index (χ3n) is 5.93. The molecule has 1 amide bonds. The first-order chi connectivity index (χ1) is 18.1. The van der Waals surface area contributed by atoms with Crippen LogP contribution in [-0.4, -0.2) is 76.0 Å². The van der Waals surface area contributed by atoms with Gasteiger partial charge in [-0.3, -0.25) is 24.5 Å². The lowest BCUT2D eigenvalue weighted by atomic mass is 10.1. The quantitative estimate of drug-likeness (QED) is 0.283. The molecule has 0 spiro atoms. The summed E-state index contributed by atoms with van der Waals surface area (Å²) in [6, 6.07) is 8.48. The van der Waals surface area contributed by atoms with Crippen LogP contribution < -0.4 is 10.9 Å². The van der Waals surface area contributed by atoms with Gasteiger partial charge in [0.25, 0.3) is 11.5 Å². The van der Waals surface area contributed by atoms with E-state index in [9.17, 15) is 19.5 Å². The molecule has 1 aromatic carbocycles. The number of anilines is 1. The van der Waals surface area contributed by atoms with Crippen molar-refractivity contribution < 1.29 is 33.3 Å². The predicted octanol–water partition coefficient (Wildman–Crippen LogP) is 2.17. The molecule has 202 valence electrons. The molecule has 14 heteroatoms. The van der Waals surface area contributed by atoms with Crippen LogP contribution in [0, 0.1) is 0 Å². The first kappa shape index (κ1) is 26.0. The summed E-state index contributed by atoms with van der Waals surface area (Å²) in [7, 11) is -2.21. The molecule has 0 bridgehead atoms. The van der Waals surface area contributed by atoms with Gasteiger partial charge in [0.1, 0.15) is 31.0 Å². The molecular formula is C24H29N5O8Si. The maximum Gasteiger partial charge on any atom is 0.508 e. The molecule has 5 rings (SSSR count). The van der Waals surface area contributed by atoms with E-state index in [1.54, 1.807) is 30.3 Å². The highest BCUT2D eigenvalue weighted by molar-refractivity contribution is 6.69. The number of H-pyrrole nitrogens is 1. The number of ether oxygens (including phenoxy) is 3. The van der Waals surface area contributed by atoms with Gasteiger partial charge in [-0.05, 0) is 44.6 Å². The molecule has 3 N–H and O–H groups in total. The zero-order valence-corrected chi connectivity index (χ0v) is 22.1. The van der Waals surface area contributed by atoms with Crippen molar-refractivity contribution in [2.75, 3.05) is 11.9 Å². The lowest BCUT2D eigenvalue weighted by molar-refractivity contribution is -0.0608. The SMILES string of the molecule is C[Si](C)(C)OC1[C@H](n2cnc3c(=O)[nH]c(NC(=O)c4ccccc4)nc32)O[C@H](COC(=O)OC2CC2)[C@H]1O. The van der Waals surface area contributed by atoms with Gasteiger partial charge in [-0.25, -0.2) is 9.78 Å². The van der Waals surface area contributed by atoms with Crippen LogP contribution in [0.4, 0.5) is 10.7 Å². The minimum atomic E-state index is -2.21. The number of benzene rings is 1. The molecule has 3 aromatic rings. The number of aromatic amines is 1. The molecular weight excluding hydrogens is 514 g/mol. The molecule has 4 atom stereocenters. The van der Waals surface area contributed by atoms with Gasteiger partial charge >= 0.3 is 6.16 Å². The van der Waals surface area contributed by atoms with E-state index in [1.807, 2.05) is 19.6 Å². The zero-order chi connectivity index (χ0) is 27.0. The zero-order valence-electron chi connectivity index (χ0n) is 21.1. The number of aliphatic hydroxyl groups is 1. The molecule has 38 heavy (non-hydrogen) atoms. The number of nitrogens with zero attached hydrogens (tertiary/aromatic N) is 3. The molecule has 1 aliphatic carbocycles. The fourth-order valence-corrected chi connectivity index (χ4v) is 5.13. The van der Waals surface area contributed by atoms with Crippen LogP contribution in [0.15, 0.2) is 41.5 Å². The topological polar surface area (TPSA) is 167 Å². The van der Waals surface area contributed by atoms with Crippen LogP contribution in [0.25, 0.3) is 11.2 Å². The summed E-state index contributed by atoms with van der Waals surface area (Å²) in [5.41, 5.74) is -0.0489. The average Bonchev–Trinajstić information content (AvgIpc) is 3.50. The summed E-state index contributed by atoms with van der Waals surface area (Å²) >= 11 is 0. The van der Waals surface area contributed by atoms with Gasteiger partial charge in [-0.1, -0.05) is 18.2 Å². The van der Waals surface area contributed by atoms with Gasteiger partial charge in [-0.15, -0.1) is 0 Å². The van der Waals surface area contributed by atoms with Gasteiger partial charge in [-0.2, -0.15) is 4.98 Å². The monoisotopic (exact) mass is 543 g/mol.